The molecule has 0 saturated heterocycles. The molecule has 0 saturated carbocycles. The summed E-state index contributed by atoms with van der Waals surface area (Å²) in [7, 11) is 1.74. The van der Waals surface area contributed by atoms with Gasteiger partial charge >= 0.3 is 0 Å². The van der Waals surface area contributed by atoms with Crippen LogP contribution < -0.4 is 5.32 Å². The van der Waals surface area contributed by atoms with Crippen LogP contribution in [0.15, 0.2) is 24.3 Å². The van der Waals surface area contributed by atoms with Gasteiger partial charge in [0.1, 0.15) is 0 Å². The van der Waals surface area contributed by atoms with E-state index >= 15 is 0 Å². The monoisotopic (exact) mass is 221 g/mol. The predicted octanol–water partition coefficient (Wildman–Crippen LogP) is 2.72. The lowest BCUT2D eigenvalue weighted by Crippen LogP contribution is -2.24. The van der Waals surface area contributed by atoms with Crippen LogP contribution in [0.5, 0.6) is 0 Å². The minimum absolute atomic E-state index is 0.609. The van der Waals surface area contributed by atoms with Gasteiger partial charge < -0.3 is 10.1 Å². The van der Waals surface area contributed by atoms with Crippen molar-refractivity contribution in [3.63, 3.8) is 0 Å². The molecule has 1 aromatic carbocycles. The van der Waals surface area contributed by atoms with Gasteiger partial charge in [-0.05, 0) is 24.8 Å². The SMILES string of the molecule is CCC(CNCCOC)c1ccc(C)cc1. The van der Waals surface area contributed by atoms with Gasteiger partial charge in [-0.2, -0.15) is 0 Å². The molecule has 0 spiro atoms. The van der Waals surface area contributed by atoms with Crippen LogP contribution in [0.25, 0.3) is 0 Å². The molecule has 1 unspecified atom stereocenters. The second kappa shape index (κ2) is 7.42. The molecular formula is C14H23NO. The molecule has 2 heteroatoms. The molecule has 0 fully saturated rings. The maximum atomic E-state index is 5.02. The highest BCUT2D eigenvalue weighted by Crippen LogP contribution is 2.18. The van der Waals surface area contributed by atoms with Gasteiger partial charge in [0.25, 0.3) is 0 Å². The third-order valence-corrected chi connectivity index (χ3v) is 2.92. The van der Waals surface area contributed by atoms with Crippen LogP contribution >= 0.6 is 0 Å². The first-order valence-corrected chi connectivity index (χ1v) is 6.04. The minimum atomic E-state index is 0.609. The summed E-state index contributed by atoms with van der Waals surface area (Å²) in [5, 5.41) is 3.43. The molecule has 0 bridgehead atoms. The topological polar surface area (TPSA) is 21.3 Å². The summed E-state index contributed by atoms with van der Waals surface area (Å²) in [6, 6.07) is 8.85. The van der Waals surface area contributed by atoms with E-state index < -0.39 is 0 Å². The molecule has 1 N–H and O–H groups in total. The van der Waals surface area contributed by atoms with E-state index in [0.717, 1.165) is 19.7 Å². The van der Waals surface area contributed by atoms with Crippen LogP contribution in [-0.4, -0.2) is 26.8 Å². The Kier molecular flexibility index (Phi) is 6.12. The van der Waals surface area contributed by atoms with Crippen molar-refractivity contribution in [2.45, 2.75) is 26.2 Å². The van der Waals surface area contributed by atoms with Crippen LogP contribution in [0.2, 0.25) is 0 Å². The zero-order valence-corrected chi connectivity index (χ0v) is 10.6. The Morgan fingerprint density at radius 3 is 2.50 bits per heavy atom. The number of ether oxygens (including phenoxy) is 1. The first-order chi connectivity index (χ1) is 7.77. The number of nitrogens with one attached hydrogen (secondary N) is 1. The standard InChI is InChI=1S/C14H23NO/c1-4-13(11-15-9-10-16-3)14-7-5-12(2)6-8-14/h5-8,13,15H,4,9-11H2,1-3H3. The van der Waals surface area contributed by atoms with E-state index in [1.165, 1.54) is 17.5 Å². The van der Waals surface area contributed by atoms with E-state index in [1.54, 1.807) is 7.11 Å². The van der Waals surface area contributed by atoms with E-state index in [0.29, 0.717) is 5.92 Å². The molecule has 90 valence electrons. The Hall–Kier alpha value is -0.860. The van der Waals surface area contributed by atoms with Gasteiger partial charge in [0, 0.05) is 20.2 Å². The normalized spacial score (nSPS) is 12.7. The lowest BCUT2D eigenvalue weighted by atomic mass is 9.95. The van der Waals surface area contributed by atoms with Gasteiger partial charge in [0.2, 0.25) is 0 Å². The molecule has 1 rings (SSSR count). The fourth-order valence-corrected chi connectivity index (χ4v) is 1.79. The number of rotatable bonds is 7. The zero-order valence-electron chi connectivity index (χ0n) is 10.6. The second-order valence-electron chi connectivity index (χ2n) is 4.21. The van der Waals surface area contributed by atoms with Gasteiger partial charge in [0.05, 0.1) is 6.61 Å². The smallest absolute Gasteiger partial charge is 0.0587 e. The van der Waals surface area contributed by atoms with E-state index in [1.807, 2.05) is 0 Å². The summed E-state index contributed by atoms with van der Waals surface area (Å²) >= 11 is 0. The summed E-state index contributed by atoms with van der Waals surface area (Å²) in [5.74, 6) is 0.609. The molecule has 16 heavy (non-hydrogen) atoms. The molecule has 0 aliphatic carbocycles. The summed E-state index contributed by atoms with van der Waals surface area (Å²) in [6.07, 6.45) is 1.17. The van der Waals surface area contributed by atoms with Crippen molar-refractivity contribution >= 4 is 0 Å². The lowest BCUT2D eigenvalue weighted by molar-refractivity contribution is 0.199. The Bertz CT molecular complexity index is 281. The molecule has 0 amide bonds. The Morgan fingerprint density at radius 2 is 1.94 bits per heavy atom. The summed E-state index contributed by atoms with van der Waals surface area (Å²) in [4.78, 5) is 0. The third kappa shape index (κ3) is 4.33. The minimum Gasteiger partial charge on any atom is -0.383 e. The van der Waals surface area contributed by atoms with Crippen molar-refractivity contribution in [2.24, 2.45) is 0 Å². The third-order valence-electron chi connectivity index (χ3n) is 2.92. The number of hydrogen-bond acceptors (Lipinski definition) is 2. The molecule has 1 aromatic rings. The van der Waals surface area contributed by atoms with E-state index in [-0.39, 0.29) is 0 Å². The van der Waals surface area contributed by atoms with E-state index in [2.05, 4.69) is 43.4 Å². The second-order valence-corrected chi connectivity index (χ2v) is 4.21. The molecule has 0 aliphatic heterocycles. The largest absolute Gasteiger partial charge is 0.383 e. The van der Waals surface area contributed by atoms with Crippen LogP contribution in [-0.2, 0) is 4.74 Å². The molecule has 0 aromatic heterocycles. The van der Waals surface area contributed by atoms with Crippen LogP contribution in [0.3, 0.4) is 0 Å². The van der Waals surface area contributed by atoms with Crippen molar-refractivity contribution in [1.29, 1.82) is 0 Å². The van der Waals surface area contributed by atoms with Crippen molar-refractivity contribution < 1.29 is 4.74 Å². The van der Waals surface area contributed by atoms with Gasteiger partial charge in [-0.3, -0.25) is 0 Å². The summed E-state index contributed by atoms with van der Waals surface area (Å²) < 4.78 is 5.02. The summed E-state index contributed by atoms with van der Waals surface area (Å²) in [5.41, 5.74) is 2.75. The van der Waals surface area contributed by atoms with Crippen molar-refractivity contribution in [2.75, 3.05) is 26.8 Å². The molecule has 0 heterocycles. The lowest BCUT2D eigenvalue weighted by Gasteiger charge is -2.16. The number of methoxy groups -OCH3 is 1. The first-order valence-electron chi connectivity index (χ1n) is 6.04. The Labute approximate surface area is 99.0 Å². The molecule has 2 nitrogen and oxygen atoms in total. The van der Waals surface area contributed by atoms with Gasteiger partial charge in [-0.1, -0.05) is 36.8 Å². The maximum absolute atomic E-state index is 5.02. The van der Waals surface area contributed by atoms with Crippen molar-refractivity contribution in [1.82, 2.24) is 5.32 Å². The highest BCUT2D eigenvalue weighted by molar-refractivity contribution is 5.24. The van der Waals surface area contributed by atoms with E-state index in [9.17, 15) is 0 Å². The summed E-state index contributed by atoms with van der Waals surface area (Å²) in [6.45, 7) is 7.11. The maximum Gasteiger partial charge on any atom is 0.0587 e. The van der Waals surface area contributed by atoms with Gasteiger partial charge in [0.15, 0.2) is 0 Å². The molecule has 0 radical (unpaired) electrons. The predicted molar refractivity (Wildman–Crippen MR) is 69.0 cm³/mol. The van der Waals surface area contributed by atoms with Gasteiger partial charge in [-0.15, -0.1) is 0 Å². The molecule has 0 aliphatic rings. The zero-order chi connectivity index (χ0) is 11.8. The van der Waals surface area contributed by atoms with Crippen LogP contribution in [0, 0.1) is 6.92 Å². The fraction of sp³-hybridized carbons (Fsp3) is 0.571. The highest BCUT2D eigenvalue weighted by atomic mass is 16.5. The van der Waals surface area contributed by atoms with Gasteiger partial charge in [-0.25, -0.2) is 0 Å². The number of benzene rings is 1. The highest BCUT2D eigenvalue weighted by Gasteiger charge is 2.07. The fourth-order valence-electron chi connectivity index (χ4n) is 1.79. The quantitative estimate of drug-likeness (QED) is 0.715. The van der Waals surface area contributed by atoms with Crippen LogP contribution in [0.1, 0.15) is 30.4 Å². The first kappa shape index (κ1) is 13.2. The Balaban J connectivity index is 2.44. The average molecular weight is 221 g/mol. The van der Waals surface area contributed by atoms with Crippen LogP contribution in [0.4, 0.5) is 0 Å². The van der Waals surface area contributed by atoms with Crippen molar-refractivity contribution in [3.05, 3.63) is 35.4 Å². The number of hydrogen-bond donors (Lipinski definition) is 1. The Morgan fingerprint density at radius 1 is 1.25 bits per heavy atom. The van der Waals surface area contributed by atoms with E-state index in [4.69, 9.17) is 4.74 Å². The average Bonchev–Trinajstić information content (AvgIpc) is 2.31. The van der Waals surface area contributed by atoms with Crippen molar-refractivity contribution in [3.8, 4) is 0 Å². The molecule has 1 atom stereocenters. The molecular weight excluding hydrogens is 198 g/mol. The number of aryl methyl sites for hydroxylation is 1.